The van der Waals surface area contributed by atoms with E-state index in [0.29, 0.717) is 28.2 Å². The lowest BCUT2D eigenvalue weighted by Gasteiger charge is -2.11. The Morgan fingerprint density at radius 2 is 1.88 bits per heavy atom. The molecule has 94 valence electrons. The van der Waals surface area contributed by atoms with E-state index in [4.69, 9.17) is 23.2 Å². The van der Waals surface area contributed by atoms with E-state index in [1.54, 1.807) is 18.2 Å². The molecule has 0 spiro atoms. The third kappa shape index (κ3) is 4.84. The van der Waals surface area contributed by atoms with Crippen molar-refractivity contribution in [3.63, 3.8) is 0 Å². The van der Waals surface area contributed by atoms with Gasteiger partial charge in [-0.15, -0.1) is 0 Å². The Morgan fingerprint density at radius 1 is 1.29 bits per heavy atom. The Labute approximate surface area is 111 Å². The summed E-state index contributed by atoms with van der Waals surface area (Å²) in [5, 5.41) is 6.75. The monoisotopic (exact) mass is 274 g/mol. The topological polar surface area (TPSA) is 41.1 Å². The number of anilines is 1. The quantitative estimate of drug-likeness (QED) is 0.866. The molecule has 2 N–H and O–H groups in total. The normalized spacial score (nSPS) is 10.4. The van der Waals surface area contributed by atoms with Crippen LogP contribution in [0.5, 0.6) is 0 Å². The highest BCUT2D eigenvalue weighted by Crippen LogP contribution is 2.29. The molecule has 0 aliphatic rings. The van der Waals surface area contributed by atoms with E-state index in [0.717, 1.165) is 0 Å². The highest BCUT2D eigenvalue weighted by Gasteiger charge is 2.07. The van der Waals surface area contributed by atoms with Gasteiger partial charge >= 0.3 is 0 Å². The van der Waals surface area contributed by atoms with Gasteiger partial charge in [-0.1, -0.05) is 43.1 Å². The van der Waals surface area contributed by atoms with Crippen LogP contribution in [-0.4, -0.2) is 19.0 Å². The Morgan fingerprint density at radius 3 is 2.41 bits per heavy atom. The van der Waals surface area contributed by atoms with Crippen molar-refractivity contribution >= 4 is 34.8 Å². The predicted octanol–water partition coefficient (Wildman–Crippen LogP) is 3.18. The van der Waals surface area contributed by atoms with Crippen LogP contribution < -0.4 is 10.6 Å². The highest BCUT2D eigenvalue weighted by atomic mass is 35.5. The number of hydrogen-bond acceptors (Lipinski definition) is 2. The fourth-order valence-electron chi connectivity index (χ4n) is 1.22. The lowest BCUT2D eigenvalue weighted by atomic mass is 10.2. The van der Waals surface area contributed by atoms with E-state index < -0.39 is 0 Å². The van der Waals surface area contributed by atoms with Crippen molar-refractivity contribution in [1.82, 2.24) is 5.32 Å². The van der Waals surface area contributed by atoms with Crippen molar-refractivity contribution in [2.75, 3.05) is 18.4 Å². The van der Waals surface area contributed by atoms with Crippen LogP contribution >= 0.6 is 23.2 Å². The fraction of sp³-hybridized carbons (Fsp3) is 0.417. The number of para-hydroxylation sites is 1. The van der Waals surface area contributed by atoms with Gasteiger partial charge in [-0.25, -0.2) is 0 Å². The minimum absolute atomic E-state index is 0.0744. The van der Waals surface area contributed by atoms with Gasteiger partial charge in [0.25, 0.3) is 0 Å². The zero-order valence-corrected chi connectivity index (χ0v) is 11.4. The van der Waals surface area contributed by atoms with E-state index in [1.165, 1.54) is 0 Å². The molecule has 5 heteroatoms. The second-order valence-electron chi connectivity index (χ2n) is 4.15. The van der Waals surface area contributed by atoms with Gasteiger partial charge in [0.2, 0.25) is 5.91 Å². The predicted molar refractivity (Wildman–Crippen MR) is 72.8 cm³/mol. The summed E-state index contributed by atoms with van der Waals surface area (Å²) in [5.41, 5.74) is 0.593. The number of carbonyl (C=O) groups excluding carboxylic acids is 1. The SMILES string of the molecule is CC(C)CNC(=O)CNc1c(Cl)cccc1Cl. The second kappa shape index (κ2) is 6.72. The van der Waals surface area contributed by atoms with Gasteiger partial charge in [-0.05, 0) is 18.1 Å². The van der Waals surface area contributed by atoms with Gasteiger partial charge in [0, 0.05) is 6.54 Å². The average molecular weight is 275 g/mol. The molecule has 1 rings (SSSR count). The molecule has 0 aliphatic carbocycles. The third-order valence-electron chi connectivity index (χ3n) is 2.10. The number of rotatable bonds is 5. The molecule has 17 heavy (non-hydrogen) atoms. The van der Waals surface area contributed by atoms with Crippen molar-refractivity contribution in [3.8, 4) is 0 Å². The molecule has 0 aromatic heterocycles. The van der Waals surface area contributed by atoms with Gasteiger partial charge in [0.15, 0.2) is 0 Å². The standard InChI is InChI=1S/C12H16Cl2N2O/c1-8(2)6-15-11(17)7-16-12-9(13)4-3-5-10(12)14/h3-5,8,16H,6-7H2,1-2H3,(H,15,17). The highest BCUT2D eigenvalue weighted by molar-refractivity contribution is 6.39. The van der Waals surface area contributed by atoms with Crippen molar-refractivity contribution in [2.45, 2.75) is 13.8 Å². The maximum Gasteiger partial charge on any atom is 0.239 e. The molecule has 0 saturated heterocycles. The Hall–Kier alpha value is -0.930. The minimum atomic E-state index is -0.0744. The molecular formula is C12H16Cl2N2O. The average Bonchev–Trinajstić information content (AvgIpc) is 2.25. The Balaban J connectivity index is 2.47. The smallest absolute Gasteiger partial charge is 0.239 e. The molecule has 0 aliphatic heterocycles. The molecule has 0 fully saturated rings. The molecule has 0 atom stereocenters. The zero-order valence-electron chi connectivity index (χ0n) is 9.89. The summed E-state index contributed by atoms with van der Waals surface area (Å²) in [5.74, 6) is 0.359. The van der Waals surface area contributed by atoms with Gasteiger partial charge < -0.3 is 10.6 Å². The van der Waals surface area contributed by atoms with Gasteiger partial charge in [0.1, 0.15) is 0 Å². The van der Waals surface area contributed by atoms with Crippen molar-refractivity contribution < 1.29 is 4.79 Å². The maximum absolute atomic E-state index is 11.5. The number of halogens is 2. The molecular weight excluding hydrogens is 259 g/mol. The van der Waals surface area contributed by atoms with E-state index in [2.05, 4.69) is 10.6 Å². The number of hydrogen-bond donors (Lipinski definition) is 2. The van der Waals surface area contributed by atoms with Crippen LogP contribution in [0.15, 0.2) is 18.2 Å². The molecule has 0 saturated carbocycles. The summed E-state index contributed by atoms with van der Waals surface area (Å²) < 4.78 is 0. The van der Waals surface area contributed by atoms with Crippen LogP contribution in [0.2, 0.25) is 10.0 Å². The van der Waals surface area contributed by atoms with Crippen LogP contribution in [0.25, 0.3) is 0 Å². The molecule has 0 bridgehead atoms. The van der Waals surface area contributed by atoms with Gasteiger partial charge in [0.05, 0.1) is 22.3 Å². The third-order valence-corrected chi connectivity index (χ3v) is 2.73. The van der Waals surface area contributed by atoms with Crippen LogP contribution in [0.4, 0.5) is 5.69 Å². The Kier molecular flexibility index (Phi) is 5.59. The molecule has 1 aromatic rings. The van der Waals surface area contributed by atoms with Crippen molar-refractivity contribution in [2.24, 2.45) is 5.92 Å². The van der Waals surface area contributed by atoms with Crippen LogP contribution in [0.3, 0.4) is 0 Å². The number of amides is 1. The molecule has 0 heterocycles. The van der Waals surface area contributed by atoms with Crippen LogP contribution in [-0.2, 0) is 4.79 Å². The van der Waals surface area contributed by atoms with Gasteiger partial charge in [-0.2, -0.15) is 0 Å². The van der Waals surface area contributed by atoms with E-state index in [9.17, 15) is 4.79 Å². The molecule has 0 radical (unpaired) electrons. The largest absolute Gasteiger partial charge is 0.374 e. The molecule has 1 aromatic carbocycles. The summed E-state index contributed by atoms with van der Waals surface area (Å²) in [6.07, 6.45) is 0. The molecule has 0 unspecified atom stereocenters. The fourth-order valence-corrected chi connectivity index (χ4v) is 1.75. The lowest BCUT2D eigenvalue weighted by Crippen LogP contribution is -2.32. The van der Waals surface area contributed by atoms with Crippen molar-refractivity contribution in [3.05, 3.63) is 28.2 Å². The first kappa shape index (κ1) is 14.1. The number of nitrogens with one attached hydrogen (secondary N) is 2. The summed E-state index contributed by atoms with van der Waals surface area (Å²) in [4.78, 5) is 11.5. The summed E-state index contributed by atoms with van der Waals surface area (Å²) in [6.45, 7) is 4.91. The first-order chi connectivity index (χ1) is 8.00. The van der Waals surface area contributed by atoms with E-state index in [-0.39, 0.29) is 12.5 Å². The zero-order chi connectivity index (χ0) is 12.8. The van der Waals surface area contributed by atoms with Crippen LogP contribution in [0, 0.1) is 5.92 Å². The summed E-state index contributed by atoms with van der Waals surface area (Å²) in [7, 11) is 0. The Bertz CT molecular complexity index is 374. The summed E-state index contributed by atoms with van der Waals surface area (Å²) in [6, 6.07) is 5.21. The summed E-state index contributed by atoms with van der Waals surface area (Å²) >= 11 is 11.9. The first-order valence-electron chi connectivity index (χ1n) is 5.45. The number of benzene rings is 1. The lowest BCUT2D eigenvalue weighted by molar-refractivity contribution is -0.119. The molecule has 1 amide bonds. The van der Waals surface area contributed by atoms with Crippen LogP contribution in [0.1, 0.15) is 13.8 Å². The number of carbonyl (C=O) groups is 1. The van der Waals surface area contributed by atoms with Gasteiger partial charge in [-0.3, -0.25) is 4.79 Å². The van der Waals surface area contributed by atoms with Crippen molar-refractivity contribution in [1.29, 1.82) is 0 Å². The minimum Gasteiger partial charge on any atom is -0.374 e. The van der Waals surface area contributed by atoms with E-state index in [1.807, 2.05) is 13.8 Å². The maximum atomic E-state index is 11.5. The van der Waals surface area contributed by atoms with E-state index >= 15 is 0 Å². The second-order valence-corrected chi connectivity index (χ2v) is 4.96. The first-order valence-corrected chi connectivity index (χ1v) is 6.21. The molecule has 3 nitrogen and oxygen atoms in total.